The van der Waals surface area contributed by atoms with Crippen molar-refractivity contribution in [2.75, 3.05) is 13.2 Å². The molecule has 0 aromatic carbocycles. The Morgan fingerprint density at radius 2 is 2.06 bits per heavy atom. The van der Waals surface area contributed by atoms with Crippen molar-refractivity contribution in [3.8, 4) is 0 Å². The van der Waals surface area contributed by atoms with Crippen molar-refractivity contribution in [3.05, 3.63) is 0 Å². The SMILES string of the molecule is CC(C)N(CCO)C(=O)NC1CCCC1C(=O)O. The van der Waals surface area contributed by atoms with Crippen LogP contribution in [0, 0.1) is 5.92 Å². The van der Waals surface area contributed by atoms with Gasteiger partial charge in [0.05, 0.1) is 12.5 Å². The molecule has 1 saturated carbocycles. The van der Waals surface area contributed by atoms with Crippen molar-refractivity contribution in [1.82, 2.24) is 10.2 Å². The van der Waals surface area contributed by atoms with E-state index in [0.29, 0.717) is 12.8 Å². The second-order valence-electron chi connectivity index (χ2n) is 4.94. The summed E-state index contributed by atoms with van der Waals surface area (Å²) in [6, 6.07) is -0.617. The maximum atomic E-state index is 12.0. The van der Waals surface area contributed by atoms with Crippen LogP contribution in [-0.2, 0) is 4.79 Å². The first kappa shape index (κ1) is 14.8. The summed E-state index contributed by atoms with van der Waals surface area (Å²) in [5.74, 6) is -1.34. The predicted octanol–water partition coefficient (Wildman–Crippen LogP) is 0.652. The lowest BCUT2D eigenvalue weighted by atomic mass is 10.0. The van der Waals surface area contributed by atoms with Gasteiger partial charge in [0.25, 0.3) is 0 Å². The van der Waals surface area contributed by atoms with E-state index in [2.05, 4.69) is 5.32 Å². The van der Waals surface area contributed by atoms with E-state index in [4.69, 9.17) is 10.2 Å². The molecule has 0 heterocycles. The molecule has 104 valence electrons. The number of aliphatic hydroxyl groups excluding tert-OH is 1. The largest absolute Gasteiger partial charge is 0.481 e. The second kappa shape index (κ2) is 6.58. The van der Waals surface area contributed by atoms with Gasteiger partial charge in [-0.2, -0.15) is 0 Å². The van der Waals surface area contributed by atoms with E-state index >= 15 is 0 Å². The third kappa shape index (κ3) is 3.60. The number of aliphatic carboxylic acids is 1. The average Bonchev–Trinajstić information content (AvgIpc) is 2.73. The van der Waals surface area contributed by atoms with E-state index in [9.17, 15) is 9.59 Å². The summed E-state index contributed by atoms with van der Waals surface area (Å²) >= 11 is 0. The van der Waals surface area contributed by atoms with Gasteiger partial charge in [0, 0.05) is 18.6 Å². The third-order valence-electron chi connectivity index (χ3n) is 3.37. The van der Waals surface area contributed by atoms with Crippen molar-refractivity contribution in [1.29, 1.82) is 0 Å². The Morgan fingerprint density at radius 3 is 2.56 bits per heavy atom. The zero-order chi connectivity index (χ0) is 13.7. The van der Waals surface area contributed by atoms with Crippen molar-refractivity contribution in [2.24, 2.45) is 5.92 Å². The number of nitrogens with zero attached hydrogens (tertiary/aromatic N) is 1. The van der Waals surface area contributed by atoms with Crippen LogP contribution in [0.5, 0.6) is 0 Å². The van der Waals surface area contributed by atoms with Gasteiger partial charge < -0.3 is 20.4 Å². The monoisotopic (exact) mass is 258 g/mol. The first-order valence-electron chi connectivity index (χ1n) is 6.38. The van der Waals surface area contributed by atoms with E-state index in [-0.39, 0.29) is 31.3 Å². The molecular formula is C12H22N2O4. The highest BCUT2D eigenvalue weighted by Crippen LogP contribution is 2.26. The smallest absolute Gasteiger partial charge is 0.317 e. The van der Waals surface area contributed by atoms with Crippen molar-refractivity contribution in [2.45, 2.75) is 45.2 Å². The summed E-state index contributed by atoms with van der Waals surface area (Å²) in [7, 11) is 0. The molecule has 1 aliphatic rings. The van der Waals surface area contributed by atoms with Crippen LogP contribution >= 0.6 is 0 Å². The zero-order valence-corrected chi connectivity index (χ0v) is 10.9. The molecule has 0 saturated heterocycles. The third-order valence-corrected chi connectivity index (χ3v) is 3.37. The van der Waals surface area contributed by atoms with Crippen LogP contribution < -0.4 is 5.32 Å². The Bertz CT molecular complexity index is 306. The summed E-state index contributed by atoms with van der Waals surface area (Å²) < 4.78 is 0. The summed E-state index contributed by atoms with van der Waals surface area (Å²) in [6.45, 7) is 3.88. The minimum absolute atomic E-state index is 0.0261. The van der Waals surface area contributed by atoms with Crippen molar-refractivity contribution >= 4 is 12.0 Å². The molecule has 2 unspecified atom stereocenters. The van der Waals surface area contributed by atoms with Gasteiger partial charge in [-0.15, -0.1) is 0 Å². The van der Waals surface area contributed by atoms with Crippen LogP contribution in [0.3, 0.4) is 0 Å². The number of hydrogen-bond acceptors (Lipinski definition) is 3. The quantitative estimate of drug-likeness (QED) is 0.675. The zero-order valence-electron chi connectivity index (χ0n) is 10.9. The van der Waals surface area contributed by atoms with E-state index in [1.165, 1.54) is 4.90 Å². The first-order chi connectivity index (χ1) is 8.47. The molecule has 1 fully saturated rings. The maximum Gasteiger partial charge on any atom is 0.317 e. The Morgan fingerprint density at radius 1 is 1.39 bits per heavy atom. The normalized spacial score (nSPS) is 23.1. The minimum Gasteiger partial charge on any atom is -0.481 e. The number of carboxylic acids is 1. The van der Waals surface area contributed by atoms with Gasteiger partial charge in [0.2, 0.25) is 0 Å². The molecular weight excluding hydrogens is 236 g/mol. The van der Waals surface area contributed by atoms with Crippen LogP contribution in [0.15, 0.2) is 0 Å². The number of amides is 2. The lowest BCUT2D eigenvalue weighted by Gasteiger charge is -2.28. The van der Waals surface area contributed by atoms with Crippen LogP contribution in [0.25, 0.3) is 0 Å². The van der Waals surface area contributed by atoms with Crippen LogP contribution in [0.1, 0.15) is 33.1 Å². The number of urea groups is 1. The minimum atomic E-state index is -0.851. The first-order valence-corrected chi connectivity index (χ1v) is 6.38. The summed E-state index contributed by atoms with van der Waals surface area (Å²) in [5.41, 5.74) is 0. The molecule has 1 aliphatic carbocycles. The van der Waals surface area contributed by atoms with E-state index in [1.54, 1.807) is 0 Å². The Kier molecular flexibility index (Phi) is 5.40. The van der Waals surface area contributed by atoms with E-state index in [1.807, 2.05) is 13.8 Å². The highest BCUT2D eigenvalue weighted by molar-refractivity contribution is 5.77. The second-order valence-corrected chi connectivity index (χ2v) is 4.94. The molecule has 2 atom stereocenters. The van der Waals surface area contributed by atoms with E-state index < -0.39 is 11.9 Å². The van der Waals surface area contributed by atoms with Gasteiger partial charge in [-0.3, -0.25) is 4.79 Å². The van der Waals surface area contributed by atoms with Crippen LogP contribution in [-0.4, -0.2) is 52.3 Å². The summed E-state index contributed by atoms with van der Waals surface area (Å²) in [5, 5.41) is 20.7. The number of rotatable bonds is 5. The van der Waals surface area contributed by atoms with Crippen LogP contribution in [0.4, 0.5) is 4.79 Å². The maximum absolute atomic E-state index is 12.0. The van der Waals surface area contributed by atoms with Gasteiger partial charge >= 0.3 is 12.0 Å². The fourth-order valence-electron chi connectivity index (χ4n) is 2.37. The predicted molar refractivity (Wildman–Crippen MR) is 66.2 cm³/mol. The van der Waals surface area contributed by atoms with Gasteiger partial charge in [-0.1, -0.05) is 6.42 Å². The number of aliphatic hydroxyl groups is 1. The molecule has 0 aromatic rings. The summed E-state index contributed by atoms with van der Waals surface area (Å²) in [4.78, 5) is 24.5. The number of hydrogen-bond donors (Lipinski definition) is 3. The molecule has 6 heteroatoms. The standard InChI is InChI=1S/C12H22N2O4/c1-8(2)14(6-7-15)12(18)13-10-5-3-4-9(10)11(16)17/h8-10,15H,3-7H2,1-2H3,(H,13,18)(H,16,17). The fraction of sp³-hybridized carbons (Fsp3) is 0.833. The molecule has 0 spiro atoms. The molecule has 2 amide bonds. The molecule has 0 aromatic heterocycles. The summed E-state index contributed by atoms with van der Waals surface area (Å²) in [6.07, 6.45) is 2.14. The highest BCUT2D eigenvalue weighted by Gasteiger charge is 2.34. The van der Waals surface area contributed by atoms with E-state index in [0.717, 1.165) is 6.42 Å². The highest BCUT2D eigenvalue weighted by atomic mass is 16.4. The van der Waals surface area contributed by atoms with Gasteiger partial charge in [-0.05, 0) is 26.7 Å². The topological polar surface area (TPSA) is 89.9 Å². The molecule has 0 radical (unpaired) electrons. The molecule has 0 bridgehead atoms. The number of carbonyl (C=O) groups is 2. The van der Waals surface area contributed by atoms with Gasteiger partial charge in [-0.25, -0.2) is 4.79 Å². The van der Waals surface area contributed by atoms with Crippen molar-refractivity contribution in [3.63, 3.8) is 0 Å². The number of carbonyl (C=O) groups excluding carboxylic acids is 1. The van der Waals surface area contributed by atoms with Gasteiger partial charge in [0.15, 0.2) is 0 Å². The lowest BCUT2D eigenvalue weighted by Crippen LogP contribution is -2.50. The Hall–Kier alpha value is -1.30. The Balaban J connectivity index is 2.59. The Labute approximate surface area is 107 Å². The molecule has 1 rings (SSSR count). The number of nitrogens with one attached hydrogen (secondary N) is 1. The molecule has 3 N–H and O–H groups in total. The lowest BCUT2D eigenvalue weighted by molar-refractivity contribution is -0.142. The average molecular weight is 258 g/mol. The van der Waals surface area contributed by atoms with Gasteiger partial charge in [0.1, 0.15) is 0 Å². The van der Waals surface area contributed by atoms with Crippen LogP contribution in [0.2, 0.25) is 0 Å². The number of carboxylic acid groups (broad SMARTS) is 1. The fourth-order valence-corrected chi connectivity index (χ4v) is 2.37. The molecule has 18 heavy (non-hydrogen) atoms. The van der Waals surface area contributed by atoms with Crippen molar-refractivity contribution < 1.29 is 19.8 Å². The molecule has 6 nitrogen and oxygen atoms in total. The molecule has 0 aliphatic heterocycles.